The highest BCUT2D eigenvalue weighted by Crippen LogP contribution is 2.24. The van der Waals surface area contributed by atoms with Gasteiger partial charge in [-0.1, -0.05) is 18.2 Å². The average molecular weight is 172 g/mol. The van der Waals surface area contributed by atoms with E-state index in [-0.39, 0.29) is 0 Å². The molecule has 0 saturated heterocycles. The van der Waals surface area contributed by atoms with Gasteiger partial charge in [0, 0.05) is 5.56 Å². The second-order valence-corrected chi connectivity index (χ2v) is 3.05. The fraction of sp³-hybridized carbons (Fsp3) is 0.182. The summed E-state index contributed by atoms with van der Waals surface area (Å²) in [7, 11) is 0. The van der Waals surface area contributed by atoms with Gasteiger partial charge in [-0.3, -0.25) is 0 Å². The lowest BCUT2D eigenvalue weighted by Crippen LogP contribution is -1.86. The molecule has 2 rings (SSSR count). The highest BCUT2D eigenvalue weighted by molar-refractivity contribution is 5.62. The van der Waals surface area contributed by atoms with Crippen molar-refractivity contribution in [1.82, 2.24) is 4.98 Å². The Morgan fingerprint density at radius 2 is 1.92 bits per heavy atom. The van der Waals surface area contributed by atoms with E-state index in [1.165, 1.54) is 17.4 Å². The number of hydrogen-bond donors (Lipinski definition) is 0. The molecule has 0 bridgehead atoms. The Kier molecular flexibility index (Phi) is 1.89. The molecule has 1 heterocycles. The van der Waals surface area contributed by atoms with Crippen LogP contribution in [-0.4, -0.2) is 4.98 Å². The first-order valence-electron chi connectivity index (χ1n) is 4.17. The van der Waals surface area contributed by atoms with Crippen LogP contribution in [0.3, 0.4) is 0 Å². The largest absolute Gasteiger partial charge is 0.444 e. The van der Waals surface area contributed by atoms with E-state index >= 15 is 0 Å². The van der Waals surface area contributed by atoms with Crippen molar-refractivity contribution in [3.63, 3.8) is 0 Å². The number of nitrogens with zero attached hydrogens (tertiary/aromatic N) is 1. The van der Waals surface area contributed by atoms with Crippen molar-refractivity contribution in [2.24, 2.45) is 0 Å². The Morgan fingerprint density at radius 1 is 1.23 bits per heavy atom. The zero-order chi connectivity index (χ0) is 9.26. The fourth-order valence-corrected chi connectivity index (χ4v) is 1.46. The molecule has 2 nitrogen and oxygen atoms in total. The van der Waals surface area contributed by atoms with E-state index in [0.29, 0.717) is 5.89 Å². The van der Waals surface area contributed by atoms with Crippen LogP contribution in [0.4, 0.5) is 0 Å². The molecule has 1 aromatic heterocycles. The number of hydrogen-bond acceptors (Lipinski definition) is 2. The number of aromatic nitrogens is 1. The monoisotopic (exact) mass is 172 g/mol. The molecule has 65 valence electrons. The van der Waals surface area contributed by atoms with E-state index in [1.54, 1.807) is 0 Å². The van der Waals surface area contributed by atoms with Crippen molar-refractivity contribution in [2.75, 3.05) is 0 Å². The zero-order valence-electron chi connectivity index (χ0n) is 7.66. The highest BCUT2D eigenvalue weighted by atomic mass is 16.3. The standard InChI is InChI=1S/C11H10NO/c1-8-4-3-5-9(2)10(8)11-12-6-7-13-11/h3-5,7H,1-2H3. The van der Waals surface area contributed by atoms with Crippen molar-refractivity contribution in [3.8, 4) is 11.5 Å². The molecule has 1 radical (unpaired) electrons. The first-order chi connectivity index (χ1) is 6.29. The molecule has 1 aromatic carbocycles. The van der Waals surface area contributed by atoms with Gasteiger partial charge in [-0.2, -0.15) is 0 Å². The van der Waals surface area contributed by atoms with Gasteiger partial charge in [0.05, 0.1) is 0 Å². The smallest absolute Gasteiger partial charge is 0.227 e. The van der Waals surface area contributed by atoms with Crippen molar-refractivity contribution in [2.45, 2.75) is 13.8 Å². The summed E-state index contributed by atoms with van der Waals surface area (Å²) in [5, 5.41) is 0. The quantitative estimate of drug-likeness (QED) is 0.661. The number of oxazole rings is 1. The van der Waals surface area contributed by atoms with E-state index in [4.69, 9.17) is 4.42 Å². The molecule has 0 atom stereocenters. The maximum absolute atomic E-state index is 5.21. The predicted octanol–water partition coefficient (Wildman–Crippen LogP) is 2.76. The summed E-state index contributed by atoms with van der Waals surface area (Å²) in [5.41, 5.74) is 3.43. The molecule has 0 amide bonds. The van der Waals surface area contributed by atoms with Crippen LogP contribution in [0.5, 0.6) is 0 Å². The molecular formula is C11H10NO. The maximum Gasteiger partial charge on any atom is 0.227 e. The Balaban J connectivity index is 2.64. The predicted molar refractivity (Wildman–Crippen MR) is 50.2 cm³/mol. The summed E-state index contributed by atoms with van der Waals surface area (Å²) in [5.74, 6) is 0.649. The van der Waals surface area contributed by atoms with Crippen LogP contribution in [0.2, 0.25) is 0 Å². The lowest BCUT2D eigenvalue weighted by atomic mass is 10.0. The highest BCUT2D eigenvalue weighted by Gasteiger charge is 2.08. The van der Waals surface area contributed by atoms with Crippen LogP contribution in [0.1, 0.15) is 11.1 Å². The third-order valence-electron chi connectivity index (χ3n) is 2.08. The third-order valence-corrected chi connectivity index (χ3v) is 2.08. The van der Waals surface area contributed by atoms with Crippen molar-refractivity contribution >= 4 is 0 Å². The Hall–Kier alpha value is -1.57. The van der Waals surface area contributed by atoms with E-state index in [1.807, 2.05) is 32.0 Å². The van der Waals surface area contributed by atoms with E-state index in [0.717, 1.165) is 5.56 Å². The summed E-state index contributed by atoms with van der Waals surface area (Å²) >= 11 is 0. The van der Waals surface area contributed by atoms with Crippen LogP contribution >= 0.6 is 0 Å². The second kappa shape index (κ2) is 3.05. The molecule has 13 heavy (non-hydrogen) atoms. The summed E-state index contributed by atoms with van der Waals surface area (Å²) in [6.45, 7) is 4.10. The van der Waals surface area contributed by atoms with Gasteiger partial charge >= 0.3 is 0 Å². The Morgan fingerprint density at radius 3 is 2.46 bits per heavy atom. The zero-order valence-corrected chi connectivity index (χ0v) is 7.66. The van der Waals surface area contributed by atoms with E-state index < -0.39 is 0 Å². The van der Waals surface area contributed by atoms with Crippen molar-refractivity contribution < 1.29 is 4.42 Å². The van der Waals surface area contributed by atoms with Crippen LogP contribution < -0.4 is 0 Å². The number of aryl methyl sites for hydroxylation is 2. The molecule has 0 unspecified atom stereocenters. The lowest BCUT2D eigenvalue weighted by Gasteiger charge is -2.04. The van der Waals surface area contributed by atoms with E-state index in [2.05, 4.69) is 11.2 Å². The van der Waals surface area contributed by atoms with Gasteiger partial charge in [0.2, 0.25) is 5.89 Å². The molecule has 0 aliphatic rings. The summed E-state index contributed by atoms with van der Waals surface area (Å²) in [4.78, 5) is 4.02. The third kappa shape index (κ3) is 1.35. The van der Waals surface area contributed by atoms with Crippen molar-refractivity contribution in [3.05, 3.63) is 41.8 Å². The lowest BCUT2D eigenvalue weighted by molar-refractivity contribution is 0.573. The topological polar surface area (TPSA) is 26.0 Å². The minimum atomic E-state index is 0.649. The summed E-state index contributed by atoms with van der Waals surface area (Å²) < 4.78 is 5.21. The molecule has 0 fully saturated rings. The van der Waals surface area contributed by atoms with Gasteiger partial charge in [0.25, 0.3) is 0 Å². The van der Waals surface area contributed by atoms with Crippen LogP contribution in [0, 0.1) is 20.0 Å². The first kappa shape index (κ1) is 8.05. The molecule has 0 saturated carbocycles. The second-order valence-electron chi connectivity index (χ2n) is 3.05. The van der Waals surface area contributed by atoms with Gasteiger partial charge in [0.1, 0.15) is 12.5 Å². The number of rotatable bonds is 1. The first-order valence-corrected chi connectivity index (χ1v) is 4.17. The molecular weight excluding hydrogens is 162 g/mol. The molecule has 0 N–H and O–H groups in total. The normalized spacial score (nSPS) is 10.3. The minimum Gasteiger partial charge on any atom is -0.444 e. The fourth-order valence-electron chi connectivity index (χ4n) is 1.46. The van der Waals surface area contributed by atoms with Crippen LogP contribution in [0.15, 0.2) is 28.9 Å². The van der Waals surface area contributed by atoms with E-state index in [9.17, 15) is 0 Å². The van der Waals surface area contributed by atoms with Gasteiger partial charge in [0.15, 0.2) is 0 Å². The van der Waals surface area contributed by atoms with Gasteiger partial charge < -0.3 is 4.42 Å². The molecule has 2 aromatic rings. The SMILES string of the molecule is Cc1cccc(C)c1-c1n[c]co1. The van der Waals surface area contributed by atoms with Gasteiger partial charge in [-0.05, 0) is 25.0 Å². The molecule has 0 aliphatic carbocycles. The van der Waals surface area contributed by atoms with Crippen molar-refractivity contribution in [1.29, 1.82) is 0 Å². The maximum atomic E-state index is 5.21. The molecule has 0 spiro atoms. The minimum absolute atomic E-state index is 0.649. The summed E-state index contributed by atoms with van der Waals surface area (Å²) in [6.07, 6.45) is 4.14. The van der Waals surface area contributed by atoms with Crippen LogP contribution in [-0.2, 0) is 0 Å². The average Bonchev–Trinajstić information content (AvgIpc) is 2.57. The Bertz CT molecular complexity index is 384. The van der Waals surface area contributed by atoms with Crippen LogP contribution in [0.25, 0.3) is 11.5 Å². The van der Waals surface area contributed by atoms with Gasteiger partial charge in [-0.15, -0.1) is 0 Å². The van der Waals surface area contributed by atoms with Gasteiger partial charge in [-0.25, -0.2) is 4.98 Å². The molecule has 0 aliphatic heterocycles. The number of benzene rings is 1. The summed E-state index contributed by atoms with van der Waals surface area (Å²) in [6, 6.07) is 6.12. The molecule has 2 heteroatoms. The Labute approximate surface area is 77.2 Å².